The van der Waals surface area contributed by atoms with Crippen LogP contribution in [0, 0.1) is 11.8 Å². The van der Waals surface area contributed by atoms with Crippen LogP contribution in [-0.2, 0) is 0 Å². The Morgan fingerprint density at radius 2 is 2.06 bits per heavy atom. The number of aliphatic imine (C=N–C) groups is 1. The second-order valence-corrected chi connectivity index (χ2v) is 7.40. The topological polar surface area (TPSA) is 24.4 Å². The molecule has 1 N–H and O–H groups in total. The summed E-state index contributed by atoms with van der Waals surface area (Å²) in [5, 5.41) is 4.96. The number of amidine groups is 1. The van der Waals surface area contributed by atoms with Gasteiger partial charge in [0, 0.05) is 11.3 Å². The summed E-state index contributed by atoms with van der Waals surface area (Å²) in [6, 6.07) is 0.447. The van der Waals surface area contributed by atoms with Gasteiger partial charge in [-0.3, -0.25) is 4.99 Å². The van der Waals surface area contributed by atoms with Crippen LogP contribution in [0.25, 0.3) is 0 Å². The zero-order chi connectivity index (χ0) is 13.2. The zero-order valence-electron chi connectivity index (χ0n) is 12.3. The van der Waals surface area contributed by atoms with Crippen molar-refractivity contribution in [1.29, 1.82) is 0 Å². The van der Waals surface area contributed by atoms with Gasteiger partial charge in [-0.1, -0.05) is 39.0 Å². The Morgan fingerprint density at radius 1 is 1.39 bits per heavy atom. The van der Waals surface area contributed by atoms with E-state index in [0.717, 1.165) is 5.92 Å². The summed E-state index contributed by atoms with van der Waals surface area (Å²) in [5.41, 5.74) is 0.380. The van der Waals surface area contributed by atoms with E-state index in [-0.39, 0.29) is 0 Å². The molecule has 2 atom stereocenters. The molecule has 2 nitrogen and oxygen atoms in total. The quantitative estimate of drug-likeness (QED) is 0.834. The Hall–Kier alpha value is -0.180. The molecule has 0 aromatic carbocycles. The molecule has 1 heterocycles. The van der Waals surface area contributed by atoms with Crippen LogP contribution in [0.3, 0.4) is 0 Å². The van der Waals surface area contributed by atoms with Crippen molar-refractivity contribution in [1.82, 2.24) is 5.32 Å². The molecule has 2 unspecified atom stereocenters. The normalized spacial score (nSPS) is 37.8. The van der Waals surface area contributed by atoms with Crippen LogP contribution in [0.1, 0.15) is 59.8 Å². The predicted octanol–water partition coefficient (Wildman–Crippen LogP) is 4.06. The van der Waals surface area contributed by atoms with Crippen LogP contribution in [-0.4, -0.2) is 22.5 Å². The Kier molecular flexibility index (Phi) is 4.63. The molecular weight excluding hydrogens is 240 g/mol. The molecule has 0 aromatic rings. The van der Waals surface area contributed by atoms with Crippen LogP contribution in [0.5, 0.6) is 0 Å². The van der Waals surface area contributed by atoms with Crippen molar-refractivity contribution in [2.24, 2.45) is 16.8 Å². The van der Waals surface area contributed by atoms with Gasteiger partial charge in [-0.25, -0.2) is 0 Å². The maximum absolute atomic E-state index is 4.88. The highest BCUT2D eigenvalue weighted by Gasteiger charge is 2.39. The van der Waals surface area contributed by atoms with Crippen LogP contribution >= 0.6 is 11.8 Å². The highest BCUT2D eigenvalue weighted by Crippen LogP contribution is 2.38. The molecule has 0 aromatic heterocycles. The molecule has 104 valence electrons. The summed E-state index contributed by atoms with van der Waals surface area (Å²) < 4.78 is 0. The molecule has 1 saturated carbocycles. The summed E-state index contributed by atoms with van der Waals surface area (Å²) in [6.07, 6.45) is 6.63. The number of rotatable bonds is 3. The average Bonchev–Trinajstić information content (AvgIpc) is 2.75. The standard InChI is InChI=1S/C15H28N2S/c1-5-12(3)13(4)16-14-17-15(10-18-14)8-6-11(2)7-9-15/h11-13H,5-10H2,1-4H3,(H,16,17). The predicted molar refractivity (Wildman–Crippen MR) is 82.3 cm³/mol. The fourth-order valence-corrected chi connectivity index (χ4v) is 4.12. The third kappa shape index (κ3) is 3.23. The lowest BCUT2D eigenvalue weighted by atomic mass is 9.78. The first-order valence-corrected chi connectivity index (χ1v) is 8.52. The highest BCUT2D eigenvalue weighted by molar-refractivity contribution is 8.14. The molecule has 18 heavy (non-hydrogen) atoms. The average molecular weight is 268 g/mol. The SMILES string of the molecule is CCC(C)C(C)N=C1NC2(CCC(C)CC2)CS1. The molecule has 1 saturated heterocycles. The van der Waals surface area contributed by atoms with Gasteiger partial charge in [-0.2, -0.15) is 0 Å². The Morgan fingerprint density at radius 3 is 2.67 bits per heavy atom. The monoisotopic (exact) mass is 268 g/mol. The van der Waals surface area contributed by atoms with Crippen molar-refractivity contribution in [3.63, 3.8) is 0 Å². The summed E-state index contributed by atoms with van der Waals surface area (Å²) in [6.45, 7) is 9.18. The summed E-state index contributed by atoms with van der Waals surface area (Å²) >= 11 is 1.94. The highest BCUT2D eigenvalue weighted by atomic mass is 32.2. The smallest absolute Gasteiger partial charge is 0.157 e. The first-order chi connectivity index (χ1) is 8.54. The van der Waals surface area contributed by atoms with E-state index in [4.69, 9.17) is 4.99 Å². The van der Waals surface area contributed by atoms with Gasteiger partial charge < -0.3 is 5.32 Å². The summed E-state index contributed by atoms with van der Waals surface area (Å²) in [4.78, 5) is 4.88. The van der Waals surface area contributed by atoms with Crippen molar-refractivity contribution in [2.45, 2.75) is 71.4 Å². The molecule has 1 spiro atoms. The van der Waals surface area contributed by atoms with Crippen LogP contribution < -0.4 is 5.32 Å². The molecule has 2 aliphatic rings. The fraction of sp³-hybridized carbons (Fsp3) is 0.933. The molecule has 1 aliphatic heterocycles. The molecule has 2 fully saturated rings. The van der Waals surface area contributed by atoms with E-state index in [2.05, 4.69) is 33.0 Å². The van der Waals surface area contributed by atoms with E-state index in [1.807, 2.05) is 11.8 Å². The van der Waals surface area contributed by atoms with Gasteiger partial charge in [-0.05, 0) is 44.4 Å². The van der Waals surface area contributed by atoms with Gasteiger partial charge in [0.2, 0.25) is 0 Å². The van der Waals surface area contributed by atoms with E-state index >= 15 is 0 Å². The van der Waals surface area contributed by atoms with Gasteiger partial charge in [0.25, 0.3) is 0 Å². The van der Waals surface area contributed by atoms with Crippen molar-refractivity contribution < 1.29 is 0 Å². The number of nitrogens with zero attached hydrogens (tertiary/aromatic N) is 1. The number of nitrogens with one attached hydrogen (secondary N) is 1. The van der Waals surface area contributed by atoms with E-state index in [1.54, 1.807) is 0 Å². The first-order valence-electron chi connectivity index (χ1n) is 7.53. The van der Waals surface area contributed by atoms with Crippen molar-refractivity contribution in [3.8, 4) is 0 Å². The molecule has 0 radical (unpaired) electrons. The van der Waals surface area contributed by atoms with E-state index < -0.39 is 0 Å². The van der Waals surface area contributed by atoms with Crippen LogP contribution in [0.15, 0.2) is 4.99 Å². The second-order valence-electron chi connectivity index (χ2n) is 6.44. The van der Waals surface area contributed by atoms with Gasteiger partial charge in [0.05, 0.1) is 6.04 Å². The minimum atomic E-state index is 0.380. The third-order valence-corrected chi connectivity index (χ3v) is 6.05. The number of hydrogen-bond acceptors (Lipinski definition) is 2. The Labute approximate surface area is 116 Å². The molecule has 3 heteroatoms. The third-order valence-electron chi connectivity index (χ3n) is 4.88. The van der Waals surface area contributed by atoms with Crippen molar-refractivity contribution in [3.05, 3.63) is 0 Å². The number of hydrogen-bond donors (Lipinski definition) is 1. The summed E-state index contributed by atoms with van der Waals surface area (Å²) in [7, 11) is 0. The minimum absolute atomic E-state index is 0.380. The molecular formula is C15H28N2S. The maximum atomic E-state index is 4.88. The summed E-state index contributed by atoms with van der Waals surface area (Å²) in [5.74, 6) is 2.83. The van der Waals surface area contributed by atoms with E-state index in [9.17, 15) is 0 Å². The lowest BCUT2D eigenvalue weighted by Crippen LogP contribution is -2.46. The number of thioether (sulfide) groups is 1. The Balaban J connectivity index is 1.93. The van der Waals surface area contributed by atoms with E-state index in [0.29, 0.717) is 17.5 Å². The lowest BCUT2D eigenvalue weighted by Gasteiger charge is -2.35. The maximum Gasteiger partial charge on any atom is 0.157 e. The van der Waals surface area contributed by atoms with Crippen molar-refractivity contribution in [2.75, 3.05) is 5.75 Å². The van der Waals surface area contributed by atoms with Crippen LogP contribution in [0.4, 0.5) is 0 Å². The molecule has 1 aliphatic carbocycles. The fourth-order valence-electron chi connectivity index (χ4n) is 2.81. The van der Waals surface area contributed by atoms with E-state index in [1.165, 1.54) is 43.0 Å². The molecule has 0 bridgehead atoms. The van der Waals surface area contributed by atoms with Crippen LogP contribution in [0.2, 0.25) is 0 Å². The van der Waals surface area contributed by atoms with Crippen molar-refractivity contribution >= 4 is 16.9 Å². The van der Waals surface area contributed by atoms with Gasteiger partial charge in [-0.15, -0.1) is 0 Å². The molecule has 2 rings (SSSR count). The lowest BCUT2D eigenvalue weighted by molar-refractivity contribution is 0.250. The van der Waals surface area contributed by atoms with Gasteiger partial charge in [0.1, 0.15) is 0 Å². The first kappa shape index (κ1) is 14.2. The van der Waals surface area contributed by atoms with Gasteiger partial charge in [0.15, 0.2) is 5.17 Å². The van der Waals surface area contributed by atoms with Gasteiger partial charge >= 0.3 is 0 Å². The largest absolute Gasteiger partial charge is 0.359 e. The Bertz CT molecular complexity index is 306. The second kappa shape index (κ2) is 5.85. The minimum Gasteiger partial charge on any atom is -0.359 e. The zero-order valence-corrected chi connectivity index (χ0v) is 13.1. The molecule has 0 amide bonds.